The minimum absolute atomic E-state index is 0.0134. The number of rotatable bonds is 7. The Morgan fingerprint density at radius 3 is 2.27 bits per heavy atom. The number of aliphatic hydroxyl groups excluding tert-OH is 1. The summed E-state index contributed by atoms with van der Waals surface area (Å²) in [6.45, 7) is 6.73. The van der Waals surface area contributed by atoms with Gasteiger partial charge < -0.3 is 15.7 Å². The molecule has 0 aliphatic rings. The minimum atomic E-state index is -0.155. The maximum absolute atomic E-state index is 12.0. The average molecular weight is 216 g/mol. The second kappa shape index (κ2) is 7.65. The van der Waals surface area contributed by atoms with Crippen molar-refractivity contribution in [3.05, 3.63) is 0 Å². The van der Waals surface area contributed by atoms with Crippen LogP contribution in [0.25, 0.3) is 0 Å². The van der Waals surface area contributed by atoms with E-state index in [1.807, 2.05) is 6.92 Å². The summed E-state index contributed by atoms with van der Waals surface area (Å²) in [7, 11) is 0. The molecule has 1 amide bonds. The van der Waals surface area contributed by atoms with Crippen molar-refractivity contribution in [2.45, 2.75) is 39.7 Å². The molecule has 0 radical (unpaired) electrons. The molecule has 1 atom stereocenters. The number of carbonyl (C=O) groups excluding carboxylic acids is 1. The van der Waals surface area contributed by atoms with E-state index >= 15 is 0 Å². The molecule has 0 aliphatic carbocycles. The zero-order valence-electron chi connectivity index (χ0n) is 10.1. The van der Waals surface area contributed by atoms with Crippen molar-refractivity contribution in [2.75, 3.05) is 19.7 Å². The standard InChI is InChI=1S/C11H24N2O2/c1-4-10(5-2)13(6-7-14)11(15)9(3)8-12/h9-10,14H,4-8,12H2,1-3H3. The summed E-state index contributed by atoms with van der Waals surface area (Å²) in [5, 5.41) is 8.95. The molecular formula is C11H24N2O2. The molecule has 0 heterocycles. The molecule has 0 rings (SSSR count). The first-order valence-electron chi connectivity index (χ1n) is 5.73. The van der Waals surface area contributed by atoms with E-state index in [-0.39, 0.29) is 24.5 Å². The van der Waals surface area contributed by atoms with Crippen LogP contribution >= 0.6 is 0 Å². The zero-order valence-corrected chi connectivity index (χ0v) is 10.1. The van der Waals surface area contributed by atoms with Crippen LogP contribution in [0.3, 0.4) is 0 Å². The molecule has 0 aromatic heterocycles. The molecule has 0 spiro atoms. The van der Waals surface area contributed by atoms with Gasteiger partial charge in [0.05, 0.1) is 6.61 Å². The molecule has 1 unspecified atom stereocenters. The molecule has 0 aromatic rings. The minimum Gasteiger partial charge on any atom is -0.395 e. The van der Waals surface area contributed by atoms with Crippen LogP contribution in [-0.4, -0.2) is 41.7 Å². The highest BCUT2D eigenvalue weighted by Crippen LogP contribution is 2.12. The Kier molecular flexibility index (Phi) is 7.34. The van der Waals surface area contributed by atoms with Gasteiger partial charge in [0.15, 0.2) is 0 Å². The summed E-state index contributed by atoms with van der Waals surface area (Å²) in [6.07, 6.45) is 1.83. The predicted octanol–water partition coefficient (Wildman–Crippen LogP) is 0.591. The van der Waals surface area contributed by atoms with Crippen LogP contribution in [0.1, 0.15) is 33.6 Å². The van der Waals surface area contributed by atoms with Crippen LogP contribution in [0.4, 0.5) is 0 Å². The second-order valence-electron chi connectivity index (χ2n) is 3.86. The van der Waals surface area contributed by atoms with Crippen molar-refractivity contribution in [1.29, 1.82) is 0 Å². The number of nitrogens with two attached hydrogens (primary N) is 1. The van der Waals surface area contributed by atoms with E-state index in [1.165, 1.54) is 0 Å². The van der Waals surface area contributed by atoms with Gasteiger partial charge in [0, 0.05) is 25.0 Å². The summed E-state index contributed by atoms with van der Waals surface area (Å²) in [6, 6.07) is 0.221. The number of nitrogens with zero attached hydrogens (tertiary/aromatic N) is 1. The van der Waals surface area contributed by atoms with Crippen molar-refractivity contribution in [3.8, 4) is 0 Å². The highest BCUT2D eigenvalue weighted by molar-refractivity contribution is 5.79. The largest absolute Gasteiger partial charge is 0.395 e. The highest BCUT2D eigenvalue weighted by Gasteiger charge is 2.23. The summed E-state index contributed by atoms with van der Waals surface area (Å²) >= 11 is 0. The molecule has 0 aromatic carbocycles. The van der Waals surface area contributed by atoms with E-state index in [0.29, 0.717) is 13.1 Å². The molecular weight excluding hydrogens is 192 g/mol. The maximum Gasteiger partial charge on any atom is 0.227 e. The first-order valence-corrected chi connectivity index (χ1v) is 5.73. The van der Waals surface area contributed by atoms with Crippen LogP contribution in [-0.2, 0) is 4.79 Å². The van der Waals surface area contributed by atoms with Gasteiger partial charge in [-0.1, -0.05) is 20.8 Å². The molecule has 3 N–H and O–H groups in total. The molecule has 4 heteroatoms. The SMILES string of the molecule is CCC(CC)N(CCO)C(=O)C(C)CN. The van der Waals surface area contributed by atoms with Crippen molar-refractivity contribution >= 4 is 5.91 Å². The van der Waals surface area contributed by atoms with Gasteiger partial charge >= 0.3 is 0 Å². The van der Waals surface area contributed by atoms with Crippen LogP contribution in [0.5, 0.6) is 0 Å². The number of carbonyl (C=O) groups is 1. The third-order valence-corrected chi connectivity index (χ3v) is 2.78. The van der Waals surface area contributed by atoms with Crippen molar-refractivity contribution < 1.29 is 9.90 Å². The Hall–Kier alpha value is -0.610. The van der Waals surface area contributed by atoms with E-state index < -0.39 is 0 Å². The van der Waals surface area contributed by atoms with Crippen LogP contribution in [0, 0.1) is 5.92 Å². The van der Waals surface area contributed by atoms with Crippen molar-refractivity contribution in [1.82, 2.24) is 4.90 Å². The zero-order chi connectivity index (χ0) is 11.8. The Bertz CT molecular complexity index is 181. The summed E-state index contributed by atoms with van der Waals surface area (Å²) in [4.78, 5) is 13.7. The van der Waals surface area contributed by atoms with E-state index in [4.69, 9.17) is 10.8 Å². The Morgan fingerprint density at radius 2 is 1.93 bits per heavy atom. The number of amides is 1. The maximum atomic E-state index is 12.0. The van der Waals surface area contributed by atoms with Gasteiger partial charge in [-0.25, -0.2) is 0 Å². The molecule has 0 bridgehead atoms. The third-order valence-electron chi connectivity index (χ3n) is 2.78. The molecule has 4 nitrogen and oxygen atoms in total. The number of aliphatic hydroxyl groups is 1. The van der Waals surface area contributed by atoms with Gasteiger partial charge in [0.2, 0.25) is 5.91 Å². The van der Waals surface area contributed by atoms with Gasteiger partial charge in [-0.05, 0) is 12.8 Å². The van der Waals surface area contributed by atoms with Crippen molar-refractivity contribution in [2.24, 2.45) is 11.7 Å². The lowest BCUT2D eigenvalue weighted by molar-refractivity contribution is -0.137. The van der Waals surface area contributed by atoms with E-state index in [2.05, 4.69) is 13.8 Å². The Labute approximate surface area is 92.4 Å². The van der Waals surface area contributed by atoms with Crippen LogP contribution < -0.4 is 5.73 Å². The molecule has 0 saturated heterocycles. The summed E-state index contributed by atoms with van der Waals surface area (Å²) in [5.74, 6) is -0.0996. The van der Waals surface area contributed by atoms with Gasteiger partial charge in [-0.3, -0.25) is 4.79 Å². The van der Waals surface area contributed by atoms with Gasteiger partial charge in [-0.2, -0.15) is 0 Å². The smallest absolute Gasteiger partial charge is 0.227 e. The number of hydrogen-bond acceptors (Lipinski definition) is 3. The monoisotopic (exact) mass is 216 g/mol. The van der Waals surface area contributed by atoms with E-state index in [9.17, 15) is 4.79 Å². The second-order valence-corrected chi connectivity index (χ2v) is 3.86. The van der Waals surface area contributed by atoms with E-state index in [1.54, 1.807) is 4.90 Å². The summed E-state index contributed by atoms with van der Waals surface area (Å²) in [5.41, 5.74) is 5.48. The molecule has 15 heavy (non-hydrogen) atoms. The molecule has 90 valence electrons. The normalized spacial score (nSPS) is 12.9. The topological polar surface area (TPSA) is 66.6 Å². The lowest BCUT2D eigenvalue weighted by Gasteiger charge is -2.32. The summed E-state index contributed by atoms with van der Waals surface area (Å²) < 4.78 is 0. The van der Waals surface area contributed by atoms with Gasteiger partial charge in [0.25, 0.3) is 0 Å². The lowest BCUT2D eigenvalue weighted by Crippen LogP contribution is -2.45. The van der Waals surface area contributed by atoms with Crippen molar-refractivity contribution in [3.63, 3.8) is 0 Å². The first-order chi connectivity index (χ1) is 7.12. The number of hydrogen-bond donors (Lipinski definition) is 2. The fourth-order valence-electron chi connectivity index (χ4n) is 1.69. The highest BCUT2D eigenvalue weighted by atomic mass is 16.3. The lowest BCUT2D eigenvalue weighted by atomic mass is 10.1. The fourth-order valence-corrected chi connectivity index (χ4v) is 1.69. The van der Waals surface area contributed by atoms with Gasteiger partial charge in [0.1, 0.15) is 0 Å². The van der Waals surface area contributed by atoms with Crippen LogP contribution in [0.2, 0.25) is 0 Å². The average Bonchev–Trinajstić information content (AvgIpc) is 2.27. The first kappa shape index (κ1) is 14.4. The molecule has 0 aliphatic heterocycles. The van der Waals surface area contributed by atoms with Gasteiger partial charge in [-0.15, -0.1) is 0 Å². The Morgan fingerprint density at radius 1 is 1.40 bits per heavy atom. The predicted molar refractivity (Wildman–Crippen MR) is 61.4 cm³/mol. The Balaban J connectivity index is 4.55. The quantitative estimate of drug-likeness (QED) is 0.654. The molecule has 0 fully saturated rings. The fraction of sp³-hybridized carbons (Fsp3) is 0.909. The third kappa shape index (κ3) is 4.18. The van der Waals surface area contributed by atoms with Crippen LogP contribution in [0.15, 0.2) is 0 Å². The molecule has 0 saturated carbocycles. The van der Waals surface area contributed by atoms with E-state index in [0.717, 1.165) is 12.8 Å².